The molecule has 2 aromatic heterocycles. The van der Waals surface area contributed by atoms with Gasteiger partial charge in [0, 0.05) is 50.6 Å². The molecule has 34 heavy (non-hydrogen) atoms. The summed E-state index contributed by atoms with van der Waals surface area (Å²) in [7, 11) is 0. The van der Waals surface area contributed by atoms with E-state index in [1.165, 1.54) is 60.1 Å². The highest BCUT2D eigenvalue weighted by Crippen LogP contribution is 2.41. The minimum absolute atomic E-state index is 1.02. The molecule has 0 amide bonds. The van der Waals surface area contributed by atoms with Crippen LogP contribution >= 0.6 is 11.8 Å². The van der Waals surface area contributed by atoms with Gasteiger partial charge in [-0.15, -0.1) is 0 Å². The lowest BCUT2D eigenvalue weighted by molar-refractivity contribution is 0.839. The van der Waals surface area contributed by atoms with Gasteiger partial charge in [0.2, 0.25) is 0 Å². The molecule has 0 spiro atoms. The second-order valence-electron chi connectivity index (χ2n) is 8.86. The predicted octanol–water partition coefficient (Wildman–Crippen LogP) is 8.41. The highest BCUT2D eigenvalue weighted by Gasteiger charge is 2.18. The summed E-state index contributed by atoms with van der Waals surface area (Å²) in [4.78, 5) is 0. The minimum atomic E-state index is 1.02. The number of aryl methyl sites for hydroxylation is 1. The predicted molar refractivity (Wildman–Crippen MR) is 150 cm³/mol. The van der Waals surface area contributed by atoms with Crippen molar-refractivity contribution in [3.8, 4) is 5.69 Å². The molecule has 0 fully saturated rings. The van der Waals surface area contributed by atoms with Crippen molar-refractivity contribution < 1.29 is 0 Å². The monoisotopic (exact) mass is 456 g/mol. The molecule has 0 saturated carbocycles. The molecule has 0 radical (unpaired) electrons. The molecule has 0 saturated heterocycles. The van der Waals surface area contributed by atoms with Crippen molar-refractivity contribution in [3.63, 3.8) is 0 Å². The van der Waals surface area contributed by atoms with Crippen LogP contribution in [0.25, 0.3) is 60.1 Å². The number of para-hydroxylation sites is 3. The lowest BCUT2D eigenvalue weighted by Crippen LogP contribution is -1.99. The van der Waals surface area contributed by atoms with Crippen LogP contribution in [0, 0.1) is 0 Å². The van der Waals surface area contributed by atoms with Crippen LogP contribution in [0.15, 0.2) is 103 Å². The average molecular weight is 457 g/mol. The fourth-order valence-electron chi connectivity index (χ4n) is 5.70. The van der Waals surface area contributed by atoms with E-state index in [0.29, 0.717) is 0 Å². The van der Waals surface area contributed by atoms with Crippen LogP contribution in [0.4, 0.5) is 0 Å². The van der Waals surface area contributed by atoms with Crippen LogP contribution in [0.1, 0.15) is 0 Å². The summed E-state index contributed by atoms with van der Waals surface area (Å²) in [5.74, 6) is 1.11. The maximum absolute atomic E-state index is 2.50. The Hall–Kier alpha value is -3.69. The van der Waals surface area contributed by atoms with Gasteiger partial charge in [0.15, 0.2) is 0 Å². The van der Waals surface area contributed by atoms with E-state index >= 15 is 0 Å². The lowest BCUT2D eigenvalue weighted by Gasteiger charge is -2.09. The quantitative estimate of drug-likeness (QED) is 0.258. The van der Waals surface area contributed by atoms with Crippen molar-refractivity contribution in [1.29, 1.82) is 0 Å². The molecule has 5 aromatic carbocycles. The molecular weight excluding hydrogens is 432 g/mol. The number of hydrogen-bond acceptors (Lipinski definition) is 1. The minimum Gasteiger partial charge on any atom is -0.340 e. The number of fused-ring (bicyclic) bond motifs is 9. The van der Waals surface area contributed by atoms with Gasteiger partial charge in [0.05, 0.1) is 11.0 Å². The van der Waals surface area contributed by atoms with Gasteiger partial charge in [0.1, 0.15) is 0 Å². The lowest BCUT2D eigenvalue weighted by atomic mass is 9.99. The third kappa shape index (κ3) is 2.71. The van der Waals surface area contributed by atoms with Gasteiger partial charge < -0.3 is 9.13 Å². The number of benzene rings is 5. The van der Waals surface area contributed by atoms with Crippen molar-refractivity contribution in [3.05, 3.63) is 103 Å². The highest BCUT2D eigenvalue weighted by atomic mass is 32.2. The molecule has 0 unspecified atom stereocenters. The SMILES string of the molecule is CSCCn1c2ccccc2c2c3ccc4c(c3ccc21)c1ccccc1n4-c1ccccc1. The molecule has 0 atom stereocenters. The second kappa shape index (κ2) is 7.68. The van der Waals surface area contributed by atoms with Crippen LogP contribution in [0.5, 0.6) is 0 Å². The van der Waals surface area contributed by atoms with Gasteiger partial charge in [-0.3, -0.25) is 0 Å². The summed E-state index contributed by atoms with van der Waals surface area (Å²) in [6.07, 6.45) is 2.18. The smallest absolute Gasteiger partial charge is 0.0547 e. The van der Waals surface area contributed by atoms with Gasteiger partial charge in [-0.2, -0.15) is 11.8 Å². The maximum atomic E-state index is 2.50. The Kier molecular flexibility index (Phi) is 4.46. The topological polar surface area (TPSA) is 9.86 Å². The van der Waals surface area contributed by atoms with Gasteiger partial charge in [-0.05, 0) is 53.4 Å². The summed E-state index contributed by atoms with van der Waals surface area (Å²) in [5, 5.41) is 8.00. The van der Waals surface area contributed by atoms with E-state index in [0.717, 1.165) is 12.3 Å². The average Bonchev–Trinajstić information content (AvgIpc) is 3.41. The van der Waals surface area contributed by atoms with Crippen molar-refractivity contribution in [2.75, 3.05) is 12.0 Å². The van der Waals surface area contributed by atoms with Crippen molar-refractivity contribution in [2.45, 2.75) is 6.54 Å². The number of thioether (sulfide) groups is 1. The fraction of sp³-hybridized carbons (Fsp3) is 0.0968. The first kappa shape index (κ1) is 19.7. The fourth-order valence-corrected chi connectivity index (χ4v) is 6.06. The van der Waals surface area contributed by atoms with Gasteiger partial charge >= 0.3 is 0 Å². The van der Waals surface area contributed by atoms with Crippen LogP contribution in [-0.4, -0.2) is 21.1 Å². The Morgan fingerprint density at radius 3 is 1.85 bits per heavy atom. The van der Waals surface area contributed by atoms with Crippen molar-refractivity contribution in [1.82, 2.24) is 9.13 Å². The van der Waals surface area contributed by atoms with E-state index in [4.69, 9.17) is 0 Å². The molecule has 3 heteroatoms. The number of rotatable bonds is 4. The van der Waals surface area contributed by atoms with Gasteiger partial charge in [-0.1, -0.05) is 66.7 Å². The molecule has 0 aliphatic rings. The highest BCUT2D eigenvalue weighted by molar-refractivity contribution is 7.98. The van der Waals surface area contributed by atoms with E-state index in [2.05, 4.69) is 119 Å². The largest absolute Gasteiger partial charge is 0.340 e. The standard InChI is InChI=1S/C31H24N2S/c1-34-20-19-32-26-13-7-5-11-24(26)30-22-16-18-29-31(23(22)15-17-28(30)32)25-12-6-8-14-27(25)33(29)21-9-3-2-4-10-21/h2-18H,19-20H2,1H3. The zero-order chi connectivity index (χ0) is 22.6. The van der Waals surface area contributed by atoms with Crippen LogP contribution < -0.4 is 0 Å². The van der Waals surface area contributed by atoms with Crippen LogP contribution in [0.3, 0.4) is 0 Å². The second-order valence-corrected chi connectivity index (χ2v) is 9.85. The molecule has 0 N–H and O–H groups in total. The van der Waals surface area contributed by atoms with Crippen LogP contribution in [0.2, 0.25) is 0 Å². The molecule has 7 aromatic rings. The Bertz CT molecular complexity index is 1840. The van der Waals surface area contributed by atoms with Gasteiger partial charge in [0.25, 0.3) is 0 Å². The molecule has 2 heterocycles. The molecule has 7 rings (SSSR count). The number of aromatic nitrogens is 2. The maximum Gasteiger partial charge on any atom is 0.0547 e. The van der Waals surface area contributed by atoms with E-state index in [1.54, 1.807) is 0 Å². The normalized spacial score (nSPS) is 12.0. The van der Waals surface area contributed by atoms with E-state index in [9.17, 15) is 0 Å². The molecule has 0 aliphatic heterocycles. The third-order valence-electron chi connectivity index (χ3n) is 7.10. The summed E-state index contributed by atoms with van der Waals surface area (Å²) in [6.45, 7) is 1.02. The first-order valence-corrected chi connectivity index (χ1v) is 13.2. The molecule has 164 valence electrons. The third-order valence-corrected chi connectivity index (χ3v) is 7.69. The molecule has 0 bridgehead atoms. The molecule has 0 aliphatic carbocycles. The zero-order valence-corrected chi connectivity index (χ0v) is 19.8. The van der Waals surface area contributed by atoms with E-state index < -0.39 is 0 Å². The first-order valence-electron chi connectivity index (χ1n) is 11.8. The van der Waals surface area contributed by atoms with E-state index in [1.807, 2.05) is 11.8 Å². The first-order chi connectivity index (χ1) is 16.9. The Balaban J connectivity index is 1.65. The summed E-state index contributed by atoms with van der Waals surface area (Å²) in [5.41, 5.74) is 6.35. The van der Waals surface area contributed by atoms with Crippen LogP contribution in [-0.2, 0) is 6.54 Å². The summed E-state index contributed by atoms with van der Waals surface area (Å²) >= 11 is 1.90. The number of hydrogen-bond donors (Lipinski definition) is 0. The molecule has 2 nitrogen and oxygen atoms in total. The Morgan fingerprint density at radius 1 is 0.529 bits per heavy atom. The van der Waals surface area contributed by atoms with Crippen molar-refractivity contribution >= 4 is 66.1 Å². The summed E-state index contributed by atoms with van der Waals surface area (Å²) < 4.78 is 4.90. The summed E-state index contributed by atoms with van der Waals surface area (Å²) in [6, 6.07) is 37.7. The molecular formula is C31H24N2S. The number of nitrogens with zero attached hydrogens (tertiary/aromatic N) is 2. The van der Waals surface area contributed by atoms with Gasteiger partial charge in [-0.25, -0.2) is 0 Å². The Morgan fingerprint density at radius 2 is 1.12 bits per heavy atom. The van der Waals surface area contributed by atoms with Crippen molar-refractivity contribution in [2.24, 2.45) is 0 Å². The zero-order valence-electron chi connectivity index (χ0n) is 19.0. The van der Waals surface area contributed by atoms with E-state index in [-0.39, 0.29) is 0 Å². The Labute approximate surface area is 202 Å².